The van der Waals surface area contributed by atoms with Crippen molar-refractivity contribution in [3.63, 3.8) is 0 Å². The average molecular weight is 364 g/mol. The van der Waals surface area contributed by atoms with Crippen LogP contribution in [0.2, 0.25) is 5.02 Å². The van der Waals surface area contributed by atoms with Crippen LogP contribution in [0.15, 0.2) is 53.5 Å². The summed E-state index contributed by atoms with van der Waals surface area (Å²) in [4.78, 5) is 15.9. The van der Waals surface area contributed by atoms with E-state index in [9.17, 15) is 19.7 Å². The monoisotopic (exact) mass is 363 g/mol. The van der Waals surface area contributed by atoms with Crippen LogP contribution in [0, 0.1) is 15.9 Å². The highest BCUT2D eigenvalue weighted by molar-refractivity contribution is 6.31. The van der Waals surface area contributed by atoms with Crippen LogP contribution in [-0.2, 0) is 6.54 Å². The van der Waals surface area contributed by atoms with Crippen molar-refractivity contribution in [2.75, 3.05) is 0 Å². The van der Waals surface area contributed by atoms with Crippen molar-refractivity contribution in [1.82, 2.24) is 14.7 Å². The molecule has 0 aliphatic carbocycles. The molecule has 3 aromatic rings. The molecule has 0 aliphatic heterocycles. The highest BCUT2D eigenvalue weighted by Gasteiger charge is 2.23. The van der Waals surface area contributed by atoms with Crippen molar-refractivity contribution in [1.29, 1.82) is 0 Å². The van der Waals surface area contributed by atoms with Gasteiger partial charge in [0.1, 0.15) is 11.5 Å². The van der Waals surface area contributed by atoms with Gasteiger partial charge in [0, 0.05) is 5.02 Å². The average Bonchev–Trinajstić information content (AvgIpc) is 2.92. The summed E-state index contributed by atoms with van der Waals surface area (Å²) in [7, 11) is 0. The van der Waals surface area contributed by atoms with Crippen molar-refractivity contribution in [3.05, 3.63) is 80.5 Å². The van der Waals surface area contributed by atoms with Gasteiger partial charge in [0.05, 0.1) is 11.6 Å². The largest absolute Gasteiger partial charge is 0.438 e. The molecule has 1 aromatic heterocycles. The normalized spacial score (nSPS) is 11.7. The lowest BCUT2D eigenvalue weighted by Gasteiger charge is -2.00. The number of halogens is 2. The predicted octanol–water partition coefficient (Wildman–Crippen LogP) is 2.71. The fourth-order valence-electron chi connectivity index (χ4n) is 2.15. The molecule has 0 unspecified atom stereocenters. The fraction of sp³-hybridized carbons (Fsp3) is 0.0667. The molecular weight excluding hydrogens is 353 g/mol. The Labute approximate surface area is 145 Å². The molecule has 1 N–H and O–H groups in total. The second-order valence-corrected chi connectivity index (χ2v) is 5.38. The number of para-hydroxylation sites is 1. The van der Waals surface area contributed by atoms with Crippen LogP contribution in [0.1, 0.15) is 5.56 Å². The SMILES string of the molecule is O=[N+]([O-])c1nn(-c2ccccc2)n(O)c1=NCc1ccc(F)cc1Cl. The predicted molar refractivity (Wildman–Crippen MR) is 86.1 cm³/mol. The van der Waals surface area contributed by atoms with E-state index in [0.29, 0.717) is 16.1 Å². The van der Waals surface area contributed by atoms with Crippen LogP contribution < -0.4 is 5.49 Å². The molecule has 10 heteroatoms. The third-order valence-electron chi connectivity index (χ3n) is 3.33. The minimum Gasteiger partial charge on any atom is -0.409 e. The number of nitrogens with zero attached hydrogens (tertiary/aromatic N) is 5. The highest BCUT2D eigenvalue weighted by atomic mass is 35.5. The van der Waals surface area contributed by atoms with Gasteiger partial charge in [0.2, 0.25) is 0 Å². The maximum atomic E-state index is 13.1. The second-order valence-electron chi connectivity index (χ2n) is 4.97. The van der Waals surface area contributed by atoms with Crippen LogP contribution in [0.25, 0.3) is 5.69 Å². The number of benzene rings is 2. The first kappa shape index (κ1) is 16.7. The summed E-state index contributed by atoms with van der Waals surface area (Å²) < 4.78 is 13.1. The third-order valence-corrected chi connectivity index (χ3v) is 3.68. The van der Waals surface area contributed by atoms with Gasteiger partial charge in [-0.05, 0) is 39.5 Å². The first-order chi connectivity index (χ1) is 12.0. The Kier molecular flexibility index (Phi) is 4.48. The summed E-state index contributed by atoms with van der Waals surface area (Å²) in [6, 6.07) is 12.1. The molecular formula is C15H11ClFN5O3. The highest BCUT2D eigenvalue weighted by Crippen LogP contribution is 2.18. The van der Waals surface area contributed by atoms with Gasteiger partial charge in [-0.2, -0.15) is 0 Å². The van der Waals surface area contributed by atoms with Crippen LogP contribution in [0.4, 0.5) is 10.2 Å². The topological polar surface area (TPSA) is 98.5 Å². The summed E-state index contributed by atoms with van der Waals surface area (Å²) in [5, 5.41) is 25.3. The van der Waals surface area contributed by atoms with Crippen molar-refractivity contribution < 1.29 is 14.5 Å². The van der Waals surface area contributed by atoms with Gasteiger partial charge < -0.3 is 15.3 Å². The zero-order valence-electron chi connectivity index (χ0n) is 12.6. The Morgan fingerprint density at radius 2 is 2.00 bits per heavy atom. The Morgan fingerprint density at radius 1 is 1.28 bits per heavy atom. The van der Waals surface area contributed by atoms with E-state index < -0.39 is 16.6 Å². The Morgan fingerprint density at radius 3 is 2.64 bits per heavy atom. The zero-order valence-corrected chi connectivity index (χ0v) is 13.3. The molecule has 25 heavy (non-hydrogen) atoms. The number of nitro groups is 1. The van der Waals surface area contributed by atoms with E-state index in [2.05, 4.69) is 10.1 Å². The molecule has 2 aromatic carbocycles. The summed E-state index contributed by atoms with van der Waals surface area (Å²) >= 11 is 5.91. The number of aromatic nitrogens is 3. The van der Waals surface area contributed by atoms with Crippen molar-refractivity contribution >= 4 is 17.4 Å². The molecule has 0 radical (unpaired) electrons. The molecule has 0 amide bonds. The maximum absolute atomic E-state index is 13.1. The summed E-state index contributed by atoms with van der Waals surface area (Å²) in [5.41, 5.74) is 0.508. The van der Waals surface area contributed by atoms with E-state index in [1.807, 2.05) is 0 Å². The van der Waals surface area contributed by atoms with Gasteiger partial charge in [-0.25, -0.2) is 4.39 Å². The fourth-order valence-corrected chi connectivity index (χ4v) is 2.37. The van der Waals surface area contributed by atoms with Crippen LogP contribution >= 0.6 is 11.6 Å². The maximum Gasteiger partial charge on any atom is 0.438 e. The van der Waals surface area contributed by atoms with Crippen molar-refractivity contribution in [2.45, 2.75) is 6.54 Å². The minimum atomic E-state index is -0.753. The third kappa shape index (κ3) is 3.36. The first-order valence-electron chi connectivity index (χ1n) is 7.03. The van der Waals surface area contributed by atoms with E-state index in [4.69, 9.17) is 11.6 Å². The smallest absolute Gasteiger partial charge is 0.409 e. The summed E-state index contributed by atoms with van der Waals surface area (Å²) in [5.74, 6) is -1.13. The molecule has 1 heterocycles. The van der Waals surface area contributed by atoms with E-state index >= 15 is 0 Å². The summed E-state index contributed by atoms with van der Waals surface area (Å²) in [6.45, 7) is -0.0962. The molecule has 0 fully saturated rings. The van der Waals surface area contributed by atoms with Crippen molar-refractivity contribution in [2.24, 2.45) is 4.99 Å². The molecule has 0 aliphatic rings. The molecule has 0 saturated carbocycles. The molecule has 8 nitrogen and oxygen atoms in total. The van der Waals surface area contributed by atoms with Gasteiger partial charge in [-0.3, -0.25) is 4.99 Å². The number of hydrogen-bond donors (Lipinski definition) is 1. The second kappa shape index (κ2) is 6.73. The lowest BCUT2D eigenvalue weighted by molar-refractivity contribution is -0.391. The molecule has 0 spiro atoms. The standard InChI is InChI=1S/C15H11ClFN5O3/c16-13-8-11(17)7-6-10(13)9-18-14-15(22(24)25)19-20(21(14)23)12-4-2-1-3-5-12/h1-8,23H,9H2. The van der Waals surface area contributed by atoms with Gasteiger partial charge >= 0.3 is 5.82 Å². The molecule has 128 valence electrons. The molecule has 0 atom stereocenters. The number of hydrogen-bond acceptors (Lipinski definition) is 5. The Balaban J connectivity index is 2.08. The van der Waals surface area contributed by atoms with E-state index in [1.165, 1.54) is 12.1 Å². The first-order valence-corrected chi connectivity index (χ1v) is 7.41. The van der Waals surface area contributed by atoms with Gasteiger partial charge in [-0.15, -0.1) is 0 Å². The number of rotatable bonds is 4. The van der Waals surface area contributed by atoms with Crippen molar-refractivity contribution in [3.8, 4) is 5.69 Å². The van der Waals surface area contributed by atoms with Gasteiger partial charge in [0.25, 0.3) is 5.49 Å². The van der Waals surface area contributed by atoms with Gasteiger partial charge in [0.15, 0.2) is 0 Å². The quantitative estimate of drug-likeness (QED) is 0.437. The zero-order chi connectivity index (χ0) is 18.0. The molecule has 0 saturated heterocycles. The van der Waals surface area contributed by atoms with Crippen LogP contribution in [0.5, 0.6) is 0 Å². The molecule has 3 rings (SSSR count). The Bertz CT molecular complexity index is 1000. The van der Waals surface area contributed by atoms with Gasteiger partial charge in [-0.1, -0.05) is 40.7 Å². The van der Waals surface area contributed by atoms with Crippen LogP contribution in [0.3, 0.4) is 0 Å². The minimum absolute atomic E-state index is 0.0962. The summed E-state index contributed by atoms with van der Waals surface area (Å²) in [6.07, 6.45) is 0. The lowest BCUT2D eigenvalue weighted by atomic mass is 10.2. The van der Waals surface area contributed by atoms with E-state index in [0.717, 1.165) is 10.9 Å². The molecule has 0 bridgehead atoms. The Hall–Kier alpha value is -3.20. The lowest BCUT2D eigenvalue weighted by Crippen LogP contribution is -2.22. The van der Waals surface area contributed by atoms with E-state index in [1.54, 1.807) is 30.3 Å². The van der Waals surface area contributed by atoms with Crippen LogP contribution in [-0.4, -0.2) is 24.9 Å². The van der Waals surface area contributed by atoms with E-state index in [-0.39, 0.29) is 17.1 Å².